The summed E-state index contributed by atoms with van der Waals surface area (Å²) in [5.74, 6) is 0.596. The number of amides is 1. The molecule has 14 heteroatoms. The van der Waals surface area contributed by atoms with Crippen LogP contribution < -0.4 is 9.80 Å². The number of benzene rings is 1. The van der Waals surface area contributed by atoms with Crippen LogP contribution in [0.2, 0.25) is 25.7 Å². The second kappa shape index (κ2) is 11.2. The largest absolute Gasteiger partial charge is 0.465 e. The van der Waals surface area contributed by atoms with E-state index in [1.165, 1.54) is 4.90 Å². The molecule has 5 rings (SSSR count). The number of nitrogens with zero attached hydrogens (tertiary/aromatic N) is 7. The predicted molar refractivity (Wildman–Crippen MR) is 160 cm³/mol. The number of hydrogen-bond donors (Lipinski definition) is 1. The average molecular weight is 602 g/mol. The highest BCUT2D eigenvalue weighted by Crippen LogP contribution is 2.36. The normalized spacial score (nSPS) is 16.4. The fourth-order valence-corrected chi connectivity index (χ4v) is 6.70. The van der Waals surface area contributed by atoms with E-state index >= 15 is 0 Å². The minimum absolute atomic E-state index is 0.202. The van der Waals surface area contributed by atoms with Crippen LogP contribution in [0.5, 0.6) is 0 Å². The number of sulfone groups is 1. The second-order valence-corrected chi connectivity index (χ2v) is 19.6. The SMILES string of the molecule is Cc1ccc2c(cnn2COCC[Si](C)(C)C)c1N1CCc2c(nc(S(C)(=O)=O)nc2N2CCN(C(=O)O)CC2)C1. The molecule has 0 bridgehead atoms. The van der Waals surface area contributed by atoms with Gasteiger partial charge in [0.25, 0.3) is 0 Å². The highest BCUT2D eigenvalue weighted by molar-refractivity contribution is 7.90. The summed E-state index contributed by atoms with van der Waals surface area (Å²) in [6, 6.07) is 5.25. The number of aromatic nitrogens is 4. The van der Waals surface area contributed by atoms with Crippen LogP contribution in [0, 0.1) is 6.92 Å². The third kappa shape index (κ3) is 6.33. The van der Waals surface area contributed by atoms with Crippen molar-refractivity contribution in [2.75, 3.05) is 55.4 Å². The molecule has 2 aliphatic rings. The number of ether oxygens (including phenoxy) is 1. The maximum absolute atomic E-state index is 12.6. The standard InChI is InChI=1S/C27H39N7O5SSi/c1-19-6-7-23-21(16-28-34(23)18-39-14-15-41(3,4)5)24(19)33-9-8-20-22(17-33)29-26(40(2,37)38)30-25(20)31-10-12-32(13-11-31)27(35)36/h6-7,16H,8-15,17-18H2,1-5H3,(H,35,36). The van der Waals surface area contributed by atoms with E-state index in [4.69, 9.17) is 4.74 Å². The van der Waals surface area contributed by atoms with Crippen molar-refractivity contribution in [3.8, 4) is 0 Å². The van der Waals surface area contributed by atoms with Crippen molar-refractivity contribution in [2.45, 2.75) is 57.5 Å². The third-order valence-electron chi connectivity index (χ3n) is 7.73. The van der Waals surface area contributed by atoms with E-state index in [9.17, 15) is 18.3 Å². The van der Waals surface area contributed by atoms with E-state index in [0.717, 1.165) is 46.6 Å². The lowest BCUT2D eigenvalue weighted by molar-refractivity contribution is 0.0817. The van der Waals surface area contributed by atoms with Gasteiger partial charge < -0.3 is 24.5 Å². The van der Waals surface area contributed by atoms with Crippen molar-refractivity contribution in [1.82, 2.24) is 24.6 Å². The topological polar surface area (TPSA) is 134 Å². The summed E-state index contributed by atoms with van der Waals surface area (Å²) in [5.41, 5.74) is 4.75. The number of anilines is 2. The molecule has 1 saturated heterocycles. The molecule has 2 aromatic heterocycles. The number of aryl methyl sites for hydroxylation is 1. The molecule has 41 heavy (non-hydrogen) atoms. The van der Waals surface area contributed by atoms with Gasteiger partial charge in [-0.2, -0.15) is 5.10 Å². The predicted octanol–water partition coefficient (Wildman–Crippen LogP) is 3.21. The Bertz CT molecular complexity index is 1560. The number of rotatable bonds is 8. The summed E-state index contributed by atoms with van der Waals surface area (Å²) in [6.07, 6.45) is 2.68. The van der Waals surface area contributed by atoms with Crippen molar-refractivity contribution in [3.05, 3.63) is 35.2 Å². The molecular weight excluding hydrogens is 562 g/mol. The zero-order valence-electron chi connectivity index (χ0n) is 24.4. The Morgan fingerprint density at radius 1 is 1.07 bits per heavy atom. The Labute approximate surface area is 241 Å². The van der Waals surface area contributed by atoms with Gasteiger partial charge in [-0.15, -0.1) is 0 Å². The van der Waals surface area contributed by atoms with Gasteiger partial charge in [0, 0.05) is 64.6 Å². The lowest BCUT2D eigenvalue weighted by Gasteiger charge is -2.37. The van der Waals surface area contributed by atoms with Gasteiger partial charge in [-0.1, -0.05) is 25.7 Å². The summed E-state index contributed by atoms with van der Waals surface area (Å²) in [5, 5.41) is 14.8. The highest BCUT2D eigenvalue weighted by atomic mass is 32.2. The first-order chi connectivity index (χ1) is 19.3. The smallest absolute Gasteiger partial charge is 0.407 e. The summed E-state index contributed by atoms with van der Waals surface area (Å²) in [7, 11) is -4.84. The van der Waals surface area contributed by atoms with Gasteiger partial charge in [0.2, 0.25) is 15.0 Å². The Hall–Kier alpha value is -3.23. The summed E-state index contributed by atoms with van der Waals surface area (Å²) in [6.45, 7) is 12.9. The van der Waals surface area contributed by atoms with Gasteiger partial charge in [0.15, 0.2) is 0 Å². The van der Waals surface area contributed by atoms with Gasteiger partial charge >= 0.3 is 6.09 Å². The zero-order valence-corrected chi connectivity index (χ0v) is 26.2. The van der Waals surface area contributed by atoms with Crippen LogP contribution in [0.1, 0.15) is 16.8 Å². The lowest BCUT2D eigenvalue weighted by Crippen LogP contribution is -2.49. The zero-order chi connectivity index (χ0) is 29.5. The molecule has 0 radical (unpaired) electrons. The molecule has 2 aliphatic heterocycles. The minimum atomic E-state index is -3.66. The van der Waals surface area contributed by atoms with Crippen molar-refractivity contribution in [3.63, 3.8) is 0 Å². The average Bonchev–Trinajstić information content (AvgIpc) is 3.31. The van der Waals surface area contributed by atoms with Crippen LogP contribution in [-0.2, 0) is 34.3 Å². The van der Waals surface area contributed by atoms with Crippen molar-refractivity contribution < 1.29 is 23.1 Å². The fraction of sp³-hybridized carbons (Fsp3) is 0.556. The quantitative estimate of drug-likeness (QED) is 0.233. The first kappa shape index (κ1) is 29.3. The van der Waals surface area contributed by atoms with Crippen LogP contribution in [0.3, 0.4) is 0 Å². The number of carboxylic acid groups (broad SMARTS) is 1. The van der Waals surface area contributed by atoms with Crippen LogP contribution in [-0.4, -0.2) is 97.9 Å². The van der Waals surface area contributed by atoms with Gasteiger partial charge in [-0.3, -0.25) is 0 Å². The maximum atomic E-state index is 12.6. The second-order valence-electron chi connectivity index (χ2n) is 12.1. The number of piperazine rings is 1. The van der Waals surface area contributed by atoms with Gasteiger partial charge in [0.05, 0.1) is 29.6 Å². The molecule has 0 spiro atoms. The van der Waals surface area contributed by atoms with E-state index in [0.29, 0.717) is 63.9 Å². The Morgan fingerprint density at radius 3 is 2.46 bits per heavy atom. The molecule has 1 aromatic carbocycles. The van der Waals surface area contributed by atoms with E-state index in [-0.39, 0.29) is 5.16 Å². The van der Waals surface area contributed by atoms with Crippen LogP contribution in [0.25, 0.3) is 10.9 Å². The molecule has 0 saturated carbocycles. The fourth-order valence-electron chi connectivity index (χ4n) is 5.42. The molecule has 1 N–H and O–H groups in total. The molecule has 1 amide bonds. The van der Waals surface area contributed by atoms with Gasteiger partial charge in [-0.25, -0.2) is 27.9 Å². The Balaban J connectivity index is 1.44. The van der Waals surface area contributed by atoms with E-state index < -0.39 is 24.0 Å². The summed E-state index contributed by atoms with van der Waals surface area (Å²) >= 11 is 0. The molecule has 0 unspecified atom stereocenters. The van der Waals surface area contributed by atoms with Crippen molar-refractivity contribution >= 4 is 46.4 Å². The molecule has 12 nitrogen and oxygen atoms in total. The Kier molecular flexibility index (Phi) is 8.00. The van der Waals surface area contributed by atoms with Crippen LogP contribution in [0.4, 0.5) is 16.3 Å². The molecule has 3 aromatic rings. The Morgan fingerprint density at radius 2 is 1.80 bits per heavy atom. The minimum Gasteiger partial charge on any atom is -0.465 e. The number of hydrogen-bond acceptors (Lipinski definition) is 9. The molecule has 0 atom stereocenters. The van der Waals surface area contributed by atoms with E-state index in [1.54, 1.807) is 0 Å². The first-order valence-electron chi connectivity index (χ1n) is 13.9. The van der Waals surface area contributed by atoms with Gasteiger partial charge in [-0.05, 0) is 31.0 Å². The number of carbonyl (C=O) groups is 1. The van der Waals surface area contributed by atoms with Crippen LogP contribution in [0.15, 0.2) is 23.5 Å². The molecule has 222 valence electrons. The maximum Gasteiger partial charge on any atom is 0.407 e. The summed E-state index contributed by atoms with van der Waals surface area (Å²) < 4.78 is 33.0. The lowest BCUT2D eigenvalue weighted by atomic mass is 10.0. The van der Waals surface area contributed by atoms with Crippen molar-refractivity contribution in [1.29, 1.82) is 0 Å². The number of fused-ring (bicyclic) bond motifs is 2. The molecular formula is C27H39N7O5SSi. The van der Waals surface area contributed by atoms with Crippen LogP contribution >= 0.6 is 0 Å². The molecule has 4 heterocycles. The van der Waals surface area contributed by atoms with Gasteiger partial charge in [0.1, 0.15) is 12.5 Å². The van der Waals surface area contributed by atoms with Crippen molar-refractivity contribution in [2.24, 2.45) is 0 Å². The summed E-state index contributed by atoms with van der Waals surface area (Å²) in [4.78, 5) is 26.0. The van der Waals surface area contributed by atoms with E-state index in [2.05, 4.69) is 58.7 Å². The third-order valence-corrected chi connectivity index (χ3v) is 10.3. The molecule has 1 fully saturated rings. The van der Waals surface area contributed by atoms with E-state index in [1.807, 2.05) is 15.8 Å². The monoisotopic (exact) mass is 601 g/mol. The molecule has 0 aliphatic carbocycles. The highest BCUT2D eigenvalue weighted by Gasteiger charge is 2.31. The first-order valence-corrected chi connectivity index (χ1v) is 19.5.